The van der Waals surface area contributed by atoms with Crippen molar-refractivity contribution in [2.75, 3.05) is 7.11 Å². The topological polar surface area (TPSA) is 68.8 Å². The fraction of sp³-hybridized carbons (Fsp3) is 0.0909. The van der Waals surface area contributed by atoms with Crippen molar-refractivity contribution in [1.29, 1.82) is 0 Å². The van der Waals surface area contributed by atoms with Gasteiger partial charge in [0.15, 0.2) is 17.1 Å². The Kier molecular flexibility index (Phi) is 5.10. The second-order valence-electron chi connectivity index (χ2n) is 6.42. The van der Waals surface area contributed by atoms with Gasteiger partial charge >= 0.3 is 5.91 Å². The average molecular weight is 408 g/mol. The lowest BCUT2D eigenvalue weighted by Gasteiger charge is -2.08. The molecular weight excluding hydrogens is 390 g/mol. The molecule has 4 rings (SSSR count). The summed E-state index contributed by atoms with van der Waals surface area (Å²) in [5, 5.41) is 5.53. The summed E-state index contributed by atoms with van der Waals surface area (Å²) in [5.74, 6) is 0.276. The zero-order chi connectivity index (χ0) is 20.4. The Hall–Kier alpha value is -3.51. The molecule has 2 aromatic carbocycles. The molecule has 0 bridgehead atoms. The second kappa shape index (κ2) is 7.85. The number of hydrazone groups is 1. The number of benzene rings is 2. The van der Waals surface area contributed by atoms with Crippen LogP contribution in [0, 0.1) is 6.92 Å². The fourth-order valence-corrected chi connectivity index (χ4v) is 3.16. The van der Waals surface area contributed by atoms with Gasteiger partial charge in [-0.1, -0.05) is 29.8 Å². The van der Waals surface area contributed by atoms with Gasteiger partial charge in [0, 0.05) is 22.3 Å². The number of nitrogens with zero attached hydrogens (tertiary/aromatic N) is 2. The highest BCUT2D eigenvalue weighted by Crippen LogP contribution is 2.28. The van der Waals surface area contributed by atoms with Crippen LogP contribution in [0.1, 0.15) is 21.8 Å². The molecule has 0 aliphatic rings. The molecule has 1 N–H and O–H groups in total. The van der Waals surface area contributed by atoms with E-state index in [-0.39, 0.29) is 5.76 Å². The average Bonchev–Trinajstić information content (AvgIpc) is 3.36. The molecule has 146 valence electrons. The lowest BCUT2D eigenvalue weighted by Crippen LogP contribution is -2.17. The molecule has 2 heterocycles. The van der Waals surface area contributed by atoms with Crippen LogP contribution in [0.2, 0.25) is 5.02 Å². The van der Waals surface area contributed by atoms with Gasteiger partial charge in [0.05, 0.1) is 19.0 Å². The minimum atomic E-state index is -0.448. The third-order valence-electron chi connectivity index (χ3n) is 4.53. The van der Waals surface area contributed by atoms with E-state index in [2.05, 4.69) is 10.5 Å². The first-order valence-electron chi connectivity index (χ1n) is 8.90. The van der Waals surface area contributed by atoms with E-state index in [1.807, 2.05) is 60.2 Å². The number of hydrogen-bond acceptors (Lipinski definition) is 4. The first-order valence-corrected chi connectivity index (χ1v) is 9.28. The number of rotatable bonds is 5. The van der Waals surface area contributed by atoms with Gasteiger partial charge in [-0.2, -0.15) is 5.10 Å². The summed E-state index contributed by atoms with van der Waals surface area (Å²) in [6, 6.07) is 16.7. The fourth-order valence-electron chi connectivity index (χ4n) is 2.99. The predicted molar refractivity (Wildman–Crippen MR) is 113 cm³/mol. The SMILES string of the molecule is COc1cccc2cc(C(=O)N/N=C\c3cccn3-c3ccc(C)c(Cl)c3)oc12. The van der Waals surface area contributed by atoms with E-state index in [0.717, 1.165) is 22.3 Å². The molecule has 0 spiro atoms. The summed E-state index contributed by atoms with van der Waals surface area (Å²) in [6.07, 6.45) is 3.46. The van der Waals surface area contributed by atoms with Crippen LogP contribution in [0.3, 0.4) is 0 Å². The minimum absolute atomic E-state index is 0.155. The number of aromatic nitrogens is 1. The smallest absolute Gasteiger partial charge is 0.307 e. The lowest BCUT2D eigenvalue weighted by atomic mass is 10.2. The van der Waals surface area contributed by atoms with Crippen LogP contribution in [0.4, 0.5) is 0 Å². The Morgan fingerprint density at radius 2 is 2.07 bits per heavy atom. The molecule has 1 amide bonds. The number of aryl methyl sites for hydroxylation is 1. The Morgan fingerprint density at radius 1 is 1.21 bits per heavy atom. The van der Waals surface area contributed by atoms with Crippen molar-refractivity contribution in [1.82, 2.24) is 9.99 Å². The first-order chi connectivity index (χ1) is 14.1. The number of ether oxygens (including phenoxy) is 1. The van der Waals surface area contributed by atoms with E-state index in [4.69, 9.17) is 20.8 Å². The summed E-state index contributed by atoms with van der Waals surface area (Å²) >= 11 is 6.23. The maximum atomic E-state index is 12.4. The van der Waals surface area contributed by atoms with Crippen LogP contribution in [0.5, 0.6) is 5.75 Å². The Labute approximate surface area is 172 Å². The molecule has 0 aliphatic heterocycles. The van der Waals surface area contributed by atoms with E-state index in [1.54, 1.807) is 25.5 Å². The van der Waals surface area contributed by atoms with Gasteiger partial charge in [-0.3, -0.25) is 4.79 Å². The number of hydrogen-bond donors (Lipinski definition) is 1. The molecule has 4 aromatic rings. The molecule has 0 radical (unpaired) electrons. The number of nitrogens with one attached hydrogen (secondary N) is 1. The normalized spacial score (nSPS) is 11.3. The van der Waals surface area contributed by atoms with Crippen molar-refractivity contribution in [2.45, 2.75) is 6.92 Å². The molecule has 0 unspecified atom stereocenters. The lowest BCUT2D eigenvalue weighted by molar-refractivity contribution is 0.0929. The summed E-state index contributed by atoms with van der Waals surface area (Å²) in [6.45, 7) is 1.95. The van der Waals surface area contributed by atoms with Crippen LogP contribution < -0.4 is 10.2 Å². The van der Waals surface area contributed by atoms with Crippen LogP contribution in [-0.2, 0) is 0 Å². The molecule has 7 heteroatoms. The minimum Gasteiger partial charge on any atom is -0.493 e. The van der Waals surface area contributed by atoms with E-state index in [0.29, 0.717) is 16.4 Å². The van der Waals surface area contributed by atoms with E-state index >= 15 is 0 Å². The maximum Gasteiger partial charge on any atom is 0.307 e. The van der Waals surface area contributed by atoms with Gasteiger partial charge < -0.3 is 13.7 Å². The highest BCUT2D eigenvalue weighted by Gasteiger charge is 2.14. The van der Waals surface area contributed by atoms with E-state index in [1.165, 1.54) is 0 Å². The zero-order valence-electron chi connectivity index (χ0n) is 15.8. The number of carbonyl (C=O) groups is 1. The van der Waals surface area contributed by atoms with E-state index < -0.39 is 5.91 Å². The molecule has 0 saturated carbocycles. The molecular formula is C22H18ClN3O3. The molecule has 0 fully saturated rings. The molecule has 6 nitrogen and oxygen atoms in total. The van der Waals surface area contributed by atoms with Gasteiger partial charge in [-0.05, 0) is 48.9 Å². The van der Waals surface area contributed by atoms with Crippen molar-refractivity contribution in [3.8, 4) is 11.4 Å². The quantitative estimate of drug-likeness (QED) is 0.375. The van der Waals surface area contributed by atoms with Gasteiger partial charge in [0.25, 0.3) is 0 Å². The molecule has 0 atom stereocenters. The van der Waals surface area contributed by atoms with Crippen LogP contribution in [0.15, 0.2) is 70.3 Å². The summed E-state index contributed by atoms with van der Waals surface area (Å²) in [5.41, 5.74) is 5.71. The van der Waals surface area contributed by atoms with Gasteiger partial charge in [-0.15, -0.1) is 0 Å². The van der Waals surface area contributed by atoms with Crippen LogP contribution in [0.25, 0.3) is 16.7 Å². The number of methoxy groups -OCH3 is 1. The Balaban J connectivity index is 1.52. The van der Waals surface area contributed by atoms with Gasteiger partial charge in [0.2, 0.25) is 0 Å². The van der Waals surface area contributed by atoms with Crippen molar-refractivity contribution in [2.24, 2.45) is 5.10 Å². The number of carbonyl (C=O) groups excluding carboxylic acids is 1. The summed E-state index contributed by atoms with van der Waals surface area (Å²) < 4.78 is 12.8. The monoisotopic (exact) mass is 407 g/mol. The van der Waals surface area contributed by atoms with Crippen molar-refractivity contribution >= 4 is 34.7 Å². The summed E-state index contributed by atoms with van der Waals surface area (Å²) in [7, 11) is 1.55. The highest BCUT2D eigenvalue weighted by atomic mass is 35.5. The van der Waals surface area contributed by atoms with Crippen molar-refractivity contribution < 1.29 is 13.9 Å². The summed E-state index contributed by atoms with van der Waals surface area (Å²) in [4.78, 5) is 12.4. The number of halogens is 1. The maximum absolute atomic E-state index is 12.4. The number of para-hydroxylation sites is 1. The van der Waals surface area contributed by atoms with Gasteiger partial charge in [0.1, 0.15) is 0 Å². The third kappa shape index (κ3) is 3.75. The van der Waals surface area contributed by atoms with Crippen LogP contribution in [-0.4, -0.2) is 23.8 Å². The van der Waals surface area contributed by atoms with E-state index in [9.17, 15) is 4.79 Å². The predicted octanol–water partition coefficient (Wildman–Crippen LogP) is 4.96. The van der Waals surface area contributed by atoms with Crippen LogP contribution >= 0.6 is 11.6 Å². The zero-order valence-corrected chi connectivity index (χ0v) is 16.6. The number of fused-ring (bicyclic) bond motifs is 1. The second-order valence-corrected chi connectivity index (χ2v) is 6.83. The standard InChI is InChI=1S/C22H18ClN3O3/c1-14-8-9-16(12-18(14)23)26-10-4-6-17(26)13-24-25-22(27)20-11-15-5-3-7-19(28-2)21(15)29-20/h3-13H,1-2H3,(H,25,27)/b24-13-. The molecule has 0 aliphatic carbocycles. The number of furan rings is 1. The molecule has 0 saturated heterocycles. The van der Waals surface area contributed by atoms with Gasteiger partial charge in [-0.25, -0.2) is 5.43 Å². The largest absolute Gasteiger partial charge is 0.493 e. The third-order valence-corrected chi connectivity index (χ3v) is 4.94. The molecule has 29 heavy (non-hydrogen) atoms. The Bertz CT molecular complexity index is 1220. The Morgan fingerprint density at radius 3 is 2.86 bits per heavy atom. The highest BCUT2D eigenvalue weighted by molar-refractivity contribution is 6.31. The number of amides is 1. The molecule has 2 aromatic heterocycles. The van der Waals surface area contributed by atoms with Crippen molar-refractivity contribution in [3.05, 3.63) is 82.8 Å². The first kappa shape index (κ1) is 18.8. The van der Waals surface area contributed by atoms with Crippen molar-refractivity contribution in [3.63, 3.8) is 0 Å².